The summed E-state index contributed by atoms with van der Waals surface area (Å²) in [4.78, 5) is 30.4. The average Bonchev–Trinajstić information content (AvgIpc) is 2.67. The number of aromatic nitrogens is 1. The Labute approximate surface area is 144 Å². The Kier molecular flexibility index (Phi) is 5.35. The molecule has 1 saturated heterocycles. The van der Waals surface area contributed by atoms with Gasteiger partial charge in [0.1, 0.15) is 11.5 Å². The lowest BCUT2D eigenvalue weighted by atomic mass is 10.1. The van der Waals surface area contributed by atoms with E-state index in [9.17, 15) is 14.0 Å². The number of nitrogens with zero attached hydrogens (tertiary/aromatic N) is 2. The van der Waals surface area contributed by atoms with Crippen LogP contribution in [0.25, 0.3) is 0 Å². The Balaban J connectivity index is 1.67. The van der Waals surface area contributed by atoms with Crippen molar-refractivity contribution in [2.24, 2.45) is 0 Å². The molecule has 0 atom stereocenters. The summed E-state index contributed by atoms with van der Waals surface area (Å²) in [6.07, 6.45) is 1.42. The number of pyridine rings is 1. The van der Waals surface area contributed by atoms with Crippen LogP contribution in [0.4, 0.5) is 4.39 Å². The van der Waals surface area contributed by atoms with E-state index in [4.69, 9.17) is 4.74 Å². The number of hydrogen-bond acceptors (Lipinski definition) is 4. The fraction of sp³-hybridized carbons (Fsp3) is 0.278. The molecule has 2 amide bonds. The average molecular weight is 343 g/mol. The van der Waals surface area contributed by atoms with Crippen LogP contribution in [0.5, 0.6) is 0 Å². The van der Waals surface area contributed by atoms with Crippen LogP contribution in [0.2, 0.25) is 0 Å². The molecule has 3 rings (SSSR count). The normalized spacial score (nSPS) is 14.2. The number of ether oxygens (including phenoxy) is 1. The summed E-state index contributed by atoms with van der Waals surface area (Å²) in [5, 5.41) is 2.62. The zero-order valence-electron chi connectivity index (χ0n) is 13.6. The third-order valence-electron chi connectivity index (χ3n) is 3.94. The first-order valence-electron chi connectivity index (χ1n) is 8.00. The van der Waals surface area contributed by atoms with Crippen molar-refractivity contribution in [3.05, 3.63) is 65.2 Å². The lowest BCUT2D eigenvalue weighted by Gasteiger charge is -2.26. The number of halogens is 1. The molecule has 0 radical (unpaired) electrons. The molecule has 0 bridgehead atoms. The van der Waals surface area contributed by atoms with Crippen molar-refractivity contribution in [1.82, 2.24) is 15.2 Å². The molecular formula is C18H18FN3O3. The third-order valence-corrected chi connectivity index (χ3v) is 3.94. The number of amides is 2. The summed E-state index contributed by atoms with van der Waals surface area (Å²) >= 11 is 0. The van der Waals surface area contributed by atoms with Crippen LogP contribution >= 0.6 is 0 Å². The minimum absolute atomic E-state index is 0.0504. The van der Waals surface area contributed by atoms with Crippen molar-refractivity contribution in [2.75, 3.05) is 26.3 Å². The molecule has 2 aromatic rings. The fourth-order valence-electron chi connectivity index (χ4n) is 2.54. The standard InChI is InChI=1S/C18H18FN3O3/c19-15-4-2-1-3-14(15)12-21-17(23)16-11-13(5-6-20-16)18(24)22-7-9-25-10-8-22/h1-6,11H,7-10,12H2,(H,21,23). The van der Waals surface area contributed by atoms with Crippen LogP contribution in [0.15, 0.2) is 42.6 Å². The number of nitrogens with one attached hydrogen (secondary N) is 1. The molecule has 1 aliphatic heterocycles. The molecule has 1 N–H and O–H groups in total. The van der Waals surface area contributed by atoms with Crippen LogP contribution < -0.4 is 5.32 Å². The highest BCUT2D eigenvalue weighted by Crippen LogP contribution is 2.10. The van der Waals surface area contributed by atoms with Crippen molar-refractivity contribution in [3.63, 3.8) is 0 Å². The van der Waals surface area contributed by atoms with Gasteiger partial charge < -0.3 is 15.0 Å². The van der Waals surface area contributed by atoms with Gasteiger partial charge in [-0.1, -0.05) is 18.2 Å². The van der Waals surface area contributed by atoms with Gasteiger partial charge in [-0.15, -0.1) is 0 Å². The Morgan fingerprint density at radius 2 is 1.96 bits per heavy atom. The number of carbonyl (C=O) groups excluding carboxylic acids is 2. The summed E-state index contributed by atoms with van der Waals surface area (Å²) in [6.45, 7) is 2.11. The molecule has 0 unspecified atom stereocenters. The lowest BCUT2D eigenvalue weighted by Crippen LogP contribution is -2.40. The molecule has 130 valence electrons. The van der Waals surface area contributed by atoms with Crippen LogP contribution in [0.3, 0.4) is 0 Å². The second-order valence-electron chi connectivity index (χ2n) is 5.61. The van der Waals surface area contributed by atoms with Crippen molar-refractivity contribution in [2.45, 2.75) is 6.54 Å². The second-order valence-corrected chi connectivity index (χ2v) is 5.61. The highest BCUT2D eigenvalue weighted by Gasteiger charge is 2.20. The monoisotopic (exact) mass is 343 g/mol. The topological polar surface area (TPSA) is 71.5 Å². The minimum Gasteiger partial charge on any atom is -0.378 e. The number of benzene rings is 1. The van der Waals surface area contributed by atoms with Crippen LogP contribution in [-0.2, 0) is 11.3 Å². The maximum Gasteiger partial charge on any atom is 0.270 e. The van der Waals surface area contributed by atoms with E-state index in [1.807, 2.05) is 0 Å². The SMILES string of the molecule is O=C(NCc1ccccc1F)c1cc(C(=O)N2CCOCC2)ccn1. The Bertz CT molecular complexity index is 776. The van der Waals surface area contributed by atoms with E-state index in [1.165, 1.54) is 18.3 Å². The highest BCUT2D eigenvalue weighted by molar-refractivity contribution is 5.98. The predicted octanol–water partition coefficient (Wildman–Crippen LogP) is 1.62. The number of rotatable bonds is 4. The molecule has 25 heavy (non-hydrogen) atoms. The Morgan fingerprint density at radius 1 is 1.20 bits per heavy atom. The van der Waals surface area contributed by atoms with E-state index in [2.05, 4.69) is 10.3 Å². The Morgan fingerprint density at radius 3 is 2.72 bits per heavy atom. The van der Waals surface area contributed by atoms with Crippen LogP contribution in [-0.4, -0.2) is 48.0 Å². The zero-order valence-corrected chi connectivity index (χ0v) is 13.6. The third kappa shape index (κ3) is 4.19. The number of carbonyl (C=O) groups is 2. The van der Waals surface area contributed by atoms with Gasteiger partial charge in [-0.05, 0) is 18.2 Å². The largest absolute Gasteiger partial charge is 0.378 e. The van der Waals surface area contributed by atoms with Gasteiger partial charge in [0.05, 0.1) is 13.2 Å². The molecule has 6 nitrogen and oxygen atoms in total. The zero-order chi connectivity index (χ0) is 17.6. The van der Waals surface area contributed by atoms with Gasteiger partial charge >= 0.3 is 0 Å². The quantitative estimate of drug-likeness (QED) is 0.916. The summed E-state index contributed by atoms with van der Waals surface area (Å²) in [6, 6.07) is 9.25. The van der Waals surface area contributed by atoms with E-state index in [-0.39, 0.29) is 24.0 Å². The smallest absolute Gasteiger partial charge is 0.270 e. The first-order chi connectivity index (χ1) is 12.1. The molecule has 7 heteroatoms. The van der Waals surface area contributed by atoms with E-state index in [1.54, 1.807) is 29.2 Å². The lowest BCUT2D eigenvalue weighted by molar-refractivity contribution is 0.0303. The number of morpholine rings is 1. The van der Waals surface area contributed by atoms with Crippen molar-refractivity contribution < 1.29 is 18.7 Å². The van der Waals surface area contributed by atoms with Crippen LogP contribution in [0, 0.1) is 5.82 Å². The highest BCUT2D eigenvalue weighted by atomic mass is 19.1. The Hall–Kier alpha value is -2.80. The summed E-state index contributed by atoms with van der Waals surface area (Å²) in [5.41, 5.74) is 0.903. The van der Waals surface area contributed by atoms with Gasteiger partial charge in [0, 0.05) is 37.0 Å². The molecule has 0 spiro atoms. The summed E-state index contributed by atoms with van der Waals surface area (Å²) in [7, 11) is 0. The first kappa shape index (κ1) is 17.0. The first-order valence-corrected chi connectivity index (χ1v) is 8.00. The minimum atomic E-state index is -0.458. The van der Waals surface area contributed by atoms with Gasteiger partial charge in [-0.3, -0.25) is 14.6 Å². The van der Waals surface area contributed by atoms with Gasteiger partial charge in [-0.25, -0.2) is 4.39 Å². The van der Waals surface area contributed by atoms with E-state index < -0.39 is 5.91 Å². The fourth-order valence-corrected chi connectivity index (χ4v) is 2.54. The maximum atomic E-state index is 13.6. The summed E-state index contributed by atoms with van der Waals surface area (Å²) < 4.78 is 18.8. The second kappa shape index (κ2) is 7.85. The molecule has 0 saturated carbocycles. The van der Waals surface area contributed by atoms with Crippen molar-refractivity contribution in [3.8, 4) is 0 Å². The van der Waals surface area contributed by atoms with E-state index in [0.717, 1.165) is 0 Å². The molecule has 1 aliphatic rings. The number of hydrogen-bond donors (Lipinski definition) is 1. The molecule has 0 aliphatic carbocycles. The van der Waals surface area contributed by atoms with E-state index >= 15 is 0 Å². The maximum absolute atomic E-state index is 13.6. The van der Waals surface area contributed by atoms with Gasteiger partial charge in [0.15, 0.2) is 0 Å². The van der Waals surface area contributed by atoms with Gasteiger partial charge in [0.25, 0.3) is 11.8 Å². The predicted molar refractivity (Wildman–Crippen MR) is 88.5 cm³/mol. The summed E-state index contributed by atoms with van der Waals surface area (Å²) in [5.74, 6) is -0.999. The molecular weight excluding hydrogens is 325 g/mol. The van der Waals surface area contributed by atoms with E-state index in [0.29, 0.717) is 37.4 Å². The van der Waals surface area contributed by atoms with Crippen molar-refractivity contribution in [1.29, 1.82) is 0 Å². The van der Waals surface area contributed by atoms with Crippen molar-refractivity contribution >= 4 is 11.8 Å². The van der Waals surface area contributed by atoms with Gasteiger partial charge in [0.2, 0.25) is 0 Å². The van der Waals surface area contributed by atoms with Gasteiger partial charge in [-0.2, -0.15) is 0 Å². The molecule has 1 aromatic heterocycles. The van der Waals surface area contributed by atoms with Crippen LogP contribution in [0.1, 0.15) is 26.4 Å². The molecule has 1 aromatic carbocycles. The molecule has 1 fully saturated rings. The molecule has 2 heterocycles.